The predicted molar refractivity (Wildman–Crippen MR) is 115 cm³/mol. The Hall–Kier alpha value is -2.24. The fourth-order valence-corrected chi connectivity index (χ4v) is 4.52. The van der Waals surface area contributed by atoms with Crippen LogP contribution in [0.1, 0.15) is 22.9 Å². The van der Waals surface area contributed by atoms with Gasteiger partial charge in [-0.2, -0.15) is 0 Å². The second-order valence-electron chi connectivity index (χ2n) is 6.33. The first-order chi connectivity index (χ1) is 13.0. The number of carbonyl (C=O) groups is 1. The van der Waals surface area contributed by atoms with Crippen molar-refractivity contribution in [2.24, 2.45) is 4.99 Å². The zero-order chi connectivity index (χ0) is 19.3. The third kappa shape index (κ3) is 4.54. The van der Waals surface area contributed by atoms with Gasteiger partial charge in [0.25, 0.3) is 0 Å². The summed E-state index contributed by atoms with van der Waals surface area (Å²) in [4.78, 5) is 18.8. The van der Waals surface area contributed by atoms with Crippen molar-refractivity contribution in [2.45, 2.75) is 18.9 Å². The Bertz CT molecular complexity index is 896. The first kappa shape index (κ1) is 19.5. The Morgan fingerprint density at radius 3 is 2.04 bits per heavy atom. The Labute approximate surface area is 171 Å². The van der Waals surface area contributed by atoms with Crippen LogP contribution in [-0.4, -0.2) is 24.3 Å². The van der Waals surface area contributed by atoms with Gasteiger partial charge in [-0.1, -0.05) is 60.7 Å². The van der Waals surface area contributed by atoms with Gasteiger partial charge in [-0.3, -0.25) is 4.99 Å². The van der Waals surface area contributed by atoms with Crippen LogP contribution in [0.3, 0.4) is 0 Å². The van der Waals surface area contributed by atoms with Crippen molar-refractivity contribution in [1.29, 1.82) is 0 Å². The number of benzene rings is 2. The molecule has 1 heterocycles. The Kier molecular flexibility index (Phi) is 6.24. The van der Waals surface area contributed by atoms with E-state index in [0.29, 0.717) is 6.42 Å². The highest BCUT2D eigenvalue weighted by molar-refractivity contribution is 9.10. The second kappa shape index (κ2) is 8.63. The topological polar surface area (TPSA) is 38.7 Å². The molecule has 0 amide bonds. The molecular weight excluding hydrogens is 422 g/mol. The van der Waals surface area contributed by atoms with Gasteiger partial charge < -0.3 is 4.74 Å². The number of hydrogen-bond donors (Lipinski definition) is 0. The van der Waals surface area contributed by atoms with E-state index < -0.39 is 5.54 Å². The monoisotopic (exact) mass is 441 g/mol. The maximum atomic E-state index is 12.7. The second-order valence-corrected chi connectivity index (χ2v) is 8.18. The van der Waals surface area contributed by atoms with Crippen LogP contribution in [-0.2, 0) is 16.0 Å². The lowest BCUT2D eigenvalue weighted by molar-refractivity contribution is -0.146. The van der Waals surface area contributed by atoms with Gasteiger partial charge in [0.2, 0.25) is 0 Å². The van der Waals surface area contributed by atoms with Gasteiger partial charge in [-0.15, -0.1) is 11.3 Å². The van der Waals surface area contributed by atoms with Crippen molar-refractivity contribution in [3.05, 3.63) is 92.6 Å². The zero-order valence-corrected chi connectivity index (χ0v) is 17.6. The third-order valence-electron chi connectivity index (χ3n) is 4.27. The first-order valence-corrected chi connectivity index (χ1v) is 10.2. The molecule has 1 aromatic heterocycles. The highest BCUT2D eigenvalue weighted by Crippen LogP contribution is 2.30. The third-order valence-corrected chi connectivity index (χ3v) is 6.20. The molecule has 0 aliphatic heterocycles. The molecule has 0 radical (unpaired) electrons. The molecule has 3 rings (SSSR count). The molecular formula is C22H20BrNO2S. The van der Waals surface area contributed by atoms with E-state index in [9.17, 15) is 4.79 Å². The smallest absolute Gasteiger partial charge is 0.333 e. The van der Waals surface area contributed by atoms with Crippen LogP contribution in [0.5, 0.6) is 0 Å². The Balaban J connectivity index is 2.14. The summed E-state index contributed by atoms with van der Waals surface area (Å²) >= 11 is 5.15. The highest BCUT2D eigenvalue weighted by Gasteiger charge is 2.36. The lowest BCUT2D eigenvalue weighted by atomic mass is 9.95. The molecule has 5 heteroatoms. The van der Waals surface area contributed by atoms with E-state index in [1.165, 1.54) is 7.11 Å². The van der Waals surface area contributed by atoms with E-state index >= 15 is 0 Å². The summed E-state index contributed by atoms with van der Waals surface area (Å²) in [5.74, 6) is -0.354. The number of carbonyl (C=O) groups excluding carboxylic acids is 1. The van der Waals surface area contributed by atoms with E-state index in [1.54, 1.807) is 11.3 Å². The Morgan fingerprint density at radius 1 is 1.04 bits per heavy atom. The minimum absolute atomic E-state index is 0.354. The molecule has 0 bridgehead atoms. The maximum Gasteiger partial charge on any atom is 0.333 e. The molecule has 0 fully saturated rings. The summed E-state index contributed by atoms with van der Waals surface area (Å²) in [5, 5.41) is 2.00. The number of ether oxygens (including phenoxy) is 1. The number of nitrogens with zero attached hydrogens (tertiary/aromatic N) is 1. The van der Waals surface area contributed by atoms with Gasteiger partial charge in [0, 0.05) is 26.9 Å². The first-order valence-electron chi connectivity index (χ1n) is 8.54. The van der Waals surface area contributed by atoms with Crippen LogP contribution in [0.2, 0.25) is 0 Å². The molecule has 1 atom stereocenters. The van der Waals surface area contributed by atoms with Crippen molar-refractivity contribution < 1.29 is 9.53 Å². The number of thiophene rings is 1. The summed E-state index contributed by atoms with van der Waals surface area (Å²) in [6.45, 7) is 1.83. The minimum atomic E-state index is -1.04. The van der Waals surface area contributed by atoms with Crippen LogP contribution in [0, 0.1) is 0 Å². The van der Waals surface area contributed by atoms with Gasteiger partial charge in [0.05, 0.1) is 12.8 Å². The molecule has 3 aromatic rings. The minimum Gasteiger partial charge on any atom is -0.467 e. The molecule has 0 saturated carbocycles. The van der Waals surface area contributed by atoms with Gasteiger partial charge in [-0.05, 0) is 34.3 Å². The van der Waals surface area contributed by atoms with Crippen molar-refractivity contribution in [1.82, 2.24) is 0 Å². The van der Waals surface area contributed by atoms with Crippen molar-refractivity contribution in [3.63, 3.8) is 0 Å². The molecule has 3 nitrogen and oxygen atoms in total. The molecule has 1 unspecified atom stereocenters. The number of halogens is 1. The average Bonchev–Trinajstić information content (AvgIpc) is 3.11. The number of esters is 1. The number of hydrogen-bond acceptors (Lipinski definition) is 4. The molecule has 0 aliphatic rings. The molecule has 0 saturated heterocycles. The SMILES string of the molecule is COC(=O)C(C)(Cc1sccc1Br)N=C(c1ccccc1)c1ccccc1. The maximum absolute atomic E-state index is 12.7. The zero-order valence-electron chi connectivity index (χ0n) is 15.2. The van der Waals surface area contributed by atoms with Crippen LogP contribution >= 0.6 is 27.3 Å². The summed E-state index contributed by atoms with van der Waals surface area (Å²) < 4.78 is 6.10. The summed E-state index contributed by atoms with van der Waals surface area (Å²) in [6.07, 6.45) is 0.459. The molecule has 138 valence electrons. The van der Waals surface area contributed by atoms with Crippen LogP contribution in [0.15, 0.2) is 81.6 Å². The lowest BCUT2D eigenvalue weighted by Gasteiger charge is -2.24. The average molecular weight is 442 g/mol. The van der Waals surface area contributed by atoms with Crippen LogP contribution in [0.4, 0.5) is 0 Å². The van der Waals surface area contributed by atoms with Crippen molar-refractivity contribution in [3.8, 4) is 0 Å². The van der Waals surface area contributed by atoms with E-state index in [-0.39, 0.29) is 5.97 Å². The summed E-state index contributed by atoms with van der Waals surface area (Å²) in [7, 11) is 1.41. The van der Waals surface area contributed by atoms with Crippen LogP contribution < -0.4 is 0 Å². The quantitative estimate of drug-likeness (QED) is 0.372. The predicted octanol–water partition coefficient (Wildman–Crippen LogP) is 5.52. The molecule has 0 N–H and O–H groups in total. The number of methoxy groups -OCH3 is 1. The van der Waals surface area contributed by atoms with Crippen molar-refractivity contribution in [2.75, 3.05) is 7.11 Å². The van der Waals surface area contributed by atoms with E-state index in [0.717, 1.165) is 26.2 Å². The molecule has 0 spiro atoms. The van der Waals surface area contributed by atoms with Gasteiger partial charge in [-0.25, -0.2) is 4.79 Å². The number of rotatable bonds is 6. The van der Waals surface area contributed by atoms with Crippen molar-refractivity contribution >= 4 is 38.9 Å². The standard InChI is InChI=1S/C22H20BrNO2S/c1-22(21(25)26-2,15-19-18(23)13-14-27-19)24-20(16-9-5-3-6-10-16)17-11-7-4-8-12-17/h3-14H,15H2,1-2H3. The largest absolute Gasteiger partial charge is 0.467 e. The van der Waals surface area contributed by atoms with Gasteiger partial charge >= 0.3 is 5.97 Å². The summed E-state index contributed by atoms with van der Waals surface area (Å²) in [6, 6.07) is 21.8. The normalized spacial score (nSPS) is 12.9. The fraction of sp³-hybridized carbons (Fsp3) is 0.182. The van der Waals surface area contributed by atoms with Gasteiger partial charge in [0.1, 0.15) is 0 Å². The molecule has 2 aromatic carbocycles. The number of aliphatic imine (C=N–C) groups is 1. The van der Waals surface area contributed by atoms with E-state index in [2.05, 4.69) is 15.9 Å². The lowest BCUT2D eigenvalue weighted by Crippen LogP contribution is -2.38. The van der Waals surface area contributed by atoms with Crippen LogP contribution in [0.25, 0.3) is 0 Å². The molecule has 27 heavy (non-hydrogen) atoms. The summed E-state index contributed by atoms with van der Waals surface area (Å²) in [5.41, 5.74) is 1.66. The highest BCUT2D eigenvalue weighted by atomic mass is 79.9. The van der Waals surface area contributed by atoms with Gasteiger partial charge in [0.15, 0.2) is 5.54 Å². The van der Waals surface area contributed by atoms with E-state index in [4.69, 9.17) is 9.73 Å². The Morgan fingerprint density at radius 2 is 1.59 bits per heavy atom. The fourth-order valence-electron chi connectivity index (χ4n) is 2.88. The molecule has 0 aliphatic carbocycles. The van der Waals surface area contributed by atoms with E-state index in [1.807, 2.05) is 79.0 Å².